The number of benzene rings is 1. The Morgan fingerprint density at radius 3 is 2.68 bits per heavy atom. The molecule has 2 aromatic heterocycles. The molecule has 0 N–H and O–H groups in total. The molecule has 3 aromatic rings. The maximum absolute atomic E-state index is 12.8. The molecule has 0 saturated carbocycles. The molecule has 1 aliphatic heterocycles. The monoisotopic (exact) mass is 413 g/mol. The van der Waals surface area contributed by atoms with Crippen LogP contribution < -0.4 is 15.2 Å². The fourth-order valence-corrected chi connectivity index (χ4v) is 4.23. The number of hydrogen-bond donors (Lipinski definition) is 0. The van der Waals surface area contributed by atoms with E-state index in [1.54, 1.807) is 19.2 Å². The first-order valence-corrected chi connectivity index (χ1v) is 10.2. The SMILES string of the molecule is Cc1cccc(O[C@@H]2CCN(c3c(C#N)c(=O)n(C)c4ccc(C#N)nc34)C[C@H]2C)c1. The number of fused-ring (bicyclic) bond motifs is 1. The van der Waals surface area contributed by atoms with Crippen LogP contribution in [0.2, 0.25) is 0 Å². The van der Waals surface area contributed by atoms with Gasteiger partial charge in [0.25, 0.3) is 5.56 Å². The normalized spacial score (nSPS) is 18.4. The zero-order valence-corrected chi connectivity index (χ0v) is 17.8. The van der Waals surface area contributed by atoms with Gasteiger partial charge in [0.05, 0.1) is 11.2 Å². The predicted octanol–water partition coefficient (Wildman–Crippen LogP) is 3.28. The van der Waals surface area contributed by atoms with Gasteiger partial charge < -0.3 is 14.2 Å². The van der Waals surface area contributed by atoms with Crippen LogP contribution in [0.25, 0.3) is 11.0 Å². The standard InChI is InChI=1S/C24H23N5O2/c1-15-5-4-6-18(11-15)31-21-9-10-29(14-16(21)2)23-19(13-26)24(30)28(3)20-8-7-17(12-25)27-22(20)23/h4-8,11,16,21H,9-10,14H2,1-3H3/t16-,21-/m1/s1. The second kappa shape index (κ2) is 8.12. The lowest BCUT2D eigenvalue weighted by atomic mass is 9.95. The quantitative estimate of drug-likeness (QED) is 0.654. The molecule has 0 aliphatic carbocycles. The summed E-state index contributed by atoms with van der Waals surface area (Å²) in [4.78, 5) is 19.3. The van der Waals surface area contributed by atoms with Crippen molar-refractivity contribution < 1.29 is 4.74 Å². The molecule has 1 fully saturated rings. The highest BCUT2D eigenvalue weighted by Gasteiger charge is 2.31. The van der Waals surface area contributed by atoms with Crippen molar-refractivity contribution in [2.24, 2.45) is 13.0 Å². The first kappa shape index (κ1) is 20.4. The molecular formula is C24H23N5O2. The maximum atomic E-state index is 12.8. The Hall–Kier alpha value is -3.84. The Morgan fingerprint density at radius 2 is 2.00 bits per heavy atom. The third kappa shape index (κ3) is 3.71. The fourth-order valence-electron chi connectivity index (χ4n) is 4.23. The molecule has 1 aromatic carbocycles. The largest absolute Gasteiger partial charge is 0.490 e. The van der Waals surface area contributed by atoms with Crippen molar-refractivity contribution in [1.82, 2.24) is 9.55 Å². The molecule has 1 aliphatic rings. The van der Waals surface area contributed by atoms with Crippen LogP contribution in [0.15, 0.2) is 41.2 Å². The van der Waals surface area contributed by atoms with E-state index < -0.39 is 0 Å². The van der Waals surface area contributed by atoms with Gasteiger partial charge in [-0.15, -0.1) is 0 Å². The number of hydrogen-bond acceptors (Lipinski definition) is 6. The molecule has 7 nitrogen and oxygen atoms in total. The van der Waals surface area contributed by atoms with Gasteiger partial charge in [-0.3, -0.25) is 4.79 Å². The lowest BCUT2D eigenvalue weighted by molar-refractivity contribution is 0.121. The van der Waals surface area contributed by atoms with Crippen LogP contribution in [0.4, 0.5) is 5.69 Å². The number of aryl methyl sites for hydroxylation is 2. The van der Waals surface area contributed by atoms with Crippen LogP contribution in [0, 0.1) is 35.5 Å². The van der Waals surface area contributed by atoms with Gasteiger partial charge in [0.15, 0.2) is 0 Å². The third-order valence-corrected chi connectivity index (χ3v) is 5.86. The van der Waals surface area contributed by atoms with E-state index in [1.165, 1.54) is 4.57 Å². The molecule has 2 atom stereocenters. The van der Waals surface area contributed by atoms with Crippen LogP contribution in [0.1, 0.15) is 30.2 Å². The Balaban J connectivity index is 1.71. The number of rotatable bonds is 3. The third-order valence-electron chi connectivity index (χ3n) is 5.86. The summed E-state index contributed by atoms with van der Waals surface area (Å²) in [6, 6.07) is 15.4. The van der Waals surface area contributed by atoms with Gasteiger partial charge in [-0.1, -0.05) is 19.1 Å². The van der Waals surface area contributed by atoms with Crippen molar-refractivity contribution in [3.05, 3.63) is 63.6 Å². The average molecular weight is 413 g/mol. The van der Waals surface area contributed by atoms with Crippen molar-refractivity contribution in [3.8, 4) is 17.9 Å². The summed E-state index contributed by atoms with van der Waals surface area (Å²) in [7, 11) is 1.62. The van der Waals surface area contributed by atoms with Gasteiger partial charge in [-0.05, 0) is 36.8 Å². The molecule has 0 radical (unpaired) electrons. The lowest BCUT2D eigenvalue weighted by Gasteiger charge is -2.38. The van der Waals surface area contributed by atoms with Gasteiger partial charge >= 0.3 is 0 Å². The van der Waals surface area contributed by atoms with Crippen molar-refractivity contribution in [2.75, 3.05) is 18.0 Å². The van der Waals surface area contributed by atoms with Crippen LogP contribution in [0.5, 0.6) is 5.75 Å². The number of anilines is 1. The number of piperidine rings is 1. The second-order valence-electron chi connectivity index (χ2n) is 8.06. The van der Waals surface area contributed by atoms with Crippen molar-refractivity contribution >= 4 is 16.7 Å². The molecule has 7 heteroatoms. The fraction of sp³-hybridized carbons (Fsp3) is 0.333. The molecule has 0 spiro atoms. The van der Waals surface area contributed by atoms with E-state index in [0.29, 0.717) is 29.8 Å². The van der Waals surface area contributed by atoms with E-state index in [-0.39, 0.29) is 28.8 Å². The molecule has 156 valence electrons. The topological polar surface area (TPSA) is 94.9 Å². The highest BCUT2D eigenvalue weighted by molar-refractivity contribution is 5.92. The predicted molar refractivity (Wildman–Crippen MR) is 118 cm³/mol. The average Bonchev–Trinajstić information content (AvgIpc) is 2.77. The first-order chi connectivity index (χ1) is 14.9. The summed E-state index contributed by atoms with van der Waals surface area (Å²) >= 11 is 0. The molecule has 0 amide bonds. The summed E-state index contributed by atoms with van der Waals surface area (Å²) in [5.41, 5.74) is 2.71. The highest BCUT2D eigenvalue weighted by atomic mass is 16.5. The Morgan fingerprint density at radius 1 is 1.19 bits per heavy atom. The molecular weight excluding hydrogens is 390 g/mol. The summed E-state index contributed by atoms with van der Waals surface area (Å²) in [5, 5.41) is 19.1. The molecule has 4 rings (SSSR count). The minimum absolute atomic E-state index is 0.0315. The molecule has 1 saturated heterocycles. The molecule has 3 heterocycles. The van der Waals surface area contributed by atoms with Gasteiger partial charge in [0.2, 0.25) is 0 Å². The Labute approximate surface area is 180 Å². The first-order valence-electron chi connectivity index (χ1n) is 10.2. The molecule has 0 unspecified atom stereocenters. The van der Waals surface area contributed by atoms with Gasteiger partial charge in [0.1, 0.15) is 40.8 Å². The van der Waals surface area contributed by atoms with Crippen LogP contribution in [-0.2, 0) is 7.05 Å². The summed E-state index contributed by atoms with van der Waals surface area (Å²) < 4.78 is 7.66. The van der Waals surface area contributed by atoms with E-state index in [1.807, 2.05) is 42.2 Å². The van der Waals surface area contributed by atoms with Gasteiger partial charge in [0, 0.05) is 32.5 Å². The van der Waals surface area contributed by atoms with E-state index in [0.717, 1.165) is 17.7 Å². The van der Waals surface area contributed by atoms with Crippen molar-refractivity contribution in [1.29, 1.82) is 10.5 Å². The van der Waals surface area contributed by atoms with Gasteiger partial charge in [-0.2, -0.15) is 10.5 Å². The van der Waals surface area contributed by atoms with E-state index in [9.17, 15) is 15.3 Å². The van der Waals surface area contributed by atoms with E-state index >= 15 is 0 Å². The molecule has 0 bridgehead atoms. The minimum Gasteiger partial charge on any atom is -0.490 e. The van der Waals surface area contributed by atoms with E-state index in [2.05, 4.69) is 18.0 Å². The highest BCUT2D eigenvalue weighted by Crippen LogP contribution is 2.32. The van der Waals surface area contributed by atoms with E-state index in [4.69, 9.17) is 4.74 Å². The minimum atomic E-state index is -0.359. The van der Waals surface area contributed by atoms with Crippen LogP contribution >= 0.6 is 0 Å². The summed E-state index contributed by atoms with van der Waals surface area (Å²) in [6.07, 6.45) is 0.776. The smallest absolute Gasteiger partial charge is 0.270 e. The maximum Gasteiger partial charge on any atom is 0.270 e. The summed E-state index contributed by atoms with van der Waals surface area (Å²) in [6.45, 7) is 5.38. The van der Waals surface area contributed by atoms with Crippen molar-refractivity contribution in [2.45, 2.75) is 26.4 Å². The number of pyridine rings is 2. The van der Waals surface area contributed by atoms with Crippen molar-refractivity contribution in [3.63, 3.8) is 0 Å². The number of aromatic nitrogens is 2. The zero-order valence-electron chi connectivity index (χ0n) is 17.8. The van der Waals surface area contributed by atoms with Gasteiger partial charge in [-0.25, -0.2) is 4.98 Å². The Bertz CT molecular complexity index is 1300. The number of nitrogens with zero attached hydrogens (tertiary/aromatic N) is 5. The lowest BCUT2D eigenvalue weighted by Crippen LogP contribution is -2.45. The number of nitriles is 2. The molecule has 31 heavy (non-hydrogen) atoms. The summed E-state index contributed by atoms with van der Waals surface area (Å²) in [5.74, 6) is 1.02. The van der Waals surface area contributed by atoms with Crippen LogP contribution in [0.3, 0.4) is 0 Å². The van der Waals surface area contributed by atoms with Crippen LogP contribution in [-0.4, -0.2) is 28.7 Å². The number of ether oxygens (including phenoxy) is 1. The second-order valence-corrected chi connectivity index (χ2v) is 8.06. The Kier molecular flexibility index (Phi) is 5.35. The zero-order chi connectivity index (χ0) is 22.1.